The van der Waals surface area contributed by atoms with Gasteiger partial charge in [0, 0.05) is 6.54 Å². The zero-order valence-corrected chi connectivity index (χ0v) is 14.2. The number of aryl methyl sites for hydroxylation is 1. The number of nitrogens with zero attached hydrogens (tertiary/aromatic N) is 1. The van der Waals surface area contributed by atoms with Gasteiger partial charge in [0.2, 0.25) is 0 Å². The van der Waals surface area contributed by atoms with Gasteiger partial charge in [0.1, 0.15) is 12.4 Å². The molecule has 4 nitrogen and oxygen atoms in total. The maximum atomic E-state index is 12.0. The molecule has 0 amide bonds. The fourth-order valence-corrected chi connectivity index (χ4v) is 3.02. The van der Waals surface area contributed by atoms with E-state index in [1.165, 1.54) is 5.56 Å². The number of hydrogen-bond donors (Lipinski definition) is 0. The lowest BCUT2D eigenvalue weighted by Crippen LogP contribution is -2.44. The van der Waals surface area contributed by atoms with Gasteiger partial charge in [-0.15, -0.1) is 0 Å². The van der Waals surface area contributed by atoms with Crippen LogP contribution in [0.4, 0.5) is 5.69 Å². The van der Waals surface area contributed by atoms with Crippen LogP contribution in [0.3, 0.4) is 0 Å². The van der Waals surface area contributed by atoms with Crippen LogP contribution >= 0.6 is 0 Å². The van der Waals surface area contributed by atoms with Gasteiger partial charge in [0.25, 0.3) is 0 Å². The number of anilines is 1. The fraction of sp³-hybridized carbons (Fsp3) is 0.350. The molecule has 0 saturated carbocycles. The van der Waals surface area contributed by atoms with Crippen LogP contribution in [0.15, 0.2) is 48.5 Å². The molecule has 0 unspecified atom stereocenters. The average molecular weight is 325 g/mol. The number of ether oxygens (including phenoxy) is 2. The van der Waals surface area contributed by atoms with Gasteiger partial charge in [-0.3, -0.25) is 4.79 Å². The summed E-state index contributed by atoms with van der Waals surface area (Å²) >= 11 is 0. The molecule has 0 spiro atoms. The van der Waals surface area contributed by atoms with Crippen molar-refractivity contribution in [3.63, 3.8) is 0 Å². The van der Waals surface area contributed by atoms with Crippen molar-refractivity contribution in [1.29, 1.82) is 0 Å². The lowest BCUT2D eigenvalue weighted by atomic mass is 10.1. The first-order valence-electron chi connectivity index (χ1n) is 8.37. The summed E-state index contributed by atoms with van der Waals surface area (Å²) < 4.78 is 11.0. The molecule has 1 heterocycles. The van der Waals surface area contributed by atoms with Crippen molar-refractivity contribution in [2.24, 2.45) is 0 Å². The molecule has 4 heteroatoms. The second-order valence-corrected chi connectivity index (χ2v) is 6.06. The highest BCUT2D eigenvalue weighted by molar-refractivity contribution is 5.72. The van der Waals surface area contributed by atoms with Crippen LogP contribution in [0.1, 0.15) is 24.5 Å². The molecule has 126 valence electrons. The first-order chi connectivity index (χ1) is 11.7. The Morgan fingerprint density at radius 1 is 1.25 bits per heavy atom. The number of carbonyl (C=O) groups excluding carboxylic acids is 1. The summed E-state index contributed by atoms with van der Waals surface area (Å²) in [5, 5.41) is 0. The Balaban J connectivity index is 1.88. The third-order valence-electron chi connectivity index (χ3n) is 4.20. The molecule has 2 aromatic carbocycles. The van der Waals surface area contributed by atoms with Gasteiger partial charge < -0.3 is 14.4 Å². The lowest BCUT2D eigenvalue weighted by Gasteiger charge is -2.38. The zero-order valence-electron chi connectivity index (χ0n) is 14.2. The Kier molecular flexibility index (Phi) is 5.04. The molecule has 0 radical (unpaired) electrons. The molecule has 0 aromatic heterocycles. The number of rotatable bonds is 5. The van der Waals surface area contributed by atoms with E-state index in [-0.39, 0.29) is 12.0 Å². The smallest absolute Gasteiger partial charge is 0.307 e. The summed E-state index contributed by atoms with van der Waals surface area (Å²) in [4.78, 5) is 14.2. The highest BCUT2D eigenvalue weighted by atomic mass is 16.5. The van der Waals surface area contributed by atoms with Gasteiger partial charge in [-0.05, 0) is 37.1 Å². The van der Waals surface area contributed by atoms with E-state index in [9.17, 15) is 4.79 Å². The molecule has 2 aromatic rings. The summed E-state index contributed by atoms with van der Waals surface area (Å²) in [6, 6.07) is 16.5. The van der Waals surface area contributed by atoms with E-state index in [1.54, 1.807) is 0 Å². The van der Waals surface area contributed by atoms with Crippen LogP contribution in [0, 0.1) is 6.92 Å². The van der Waals surface area contributed by atoms with Gasteiger partial charge >= 0.3 is 5.97 Å². The van der Waals surface area contributed by atoms with E-state index in [4.69, 9.17) is 9.47 Å². The van der Waals surface area contributed by atoms with E-state index in [2.05, 4.69) is 36.1 Å². The van der Waals surface area contributed by atoms with Crippen LogP contribution in [0.25, 0.3) is 0 Å². The molecule has 1 aliphatic heterocycles. The zero-order chi connectivity index (χ0) is 16.9. The lowest BCUT2D eigenvalue weighted by molar-refractivity contribution is -0.143. The largest absolute Gasteiger partial charge is 0.489 e. The normalized spacial score (nSPS) is 16.2. The van der Waals surface area contributed by atoms with Crippen molar-refractivity contribution in [3.8, 4) is 5.75 Å². The third kappa shape index (κ3) is 3.70. The quantitative estimate of drug-likeness (QED) is 0.786. The van der Waals surface area contributed by atoms with Crippen molar-refractivity contribution in [2.45, 2.75) is 32.9 Å². The predicted octanol–water partition coefficient (Wildman–Crippen LogP) is 3.72. The minimum Gasteiger partial charge on any atom is -0.489 e. The van der Waals surface area contributed by atoms with E-state index in [1.807, 2.05) is 31.2 Å². The maximum Gasteiger partial charge on any atom is 0.307 e. The molecule has 1 aliphatic rings. The van der Waals surface area contributed by atoms with E-state index in [0.29, 0.717) is 19.6 Å². The molecule has 0 bridgehead atoms. The Morgan fingerprint density at radius 3 is 2.79 bits per heavy atom. The van der Waals surface area contributed by atoms with Crippen molar-refractivity contribution in [2.75, 3.05) is 18.1 Å². The van der Waals surface area contributed by atoms with Crippen molar-refractivity contribution in [1.82, 2.24) is 0 Å². The highest BCUT2D eigenvalue weighted by Crippen LogP contribution is 2.36. The molecular formula is C20H23NO3. The van der Waals surface area contributed by atoms with Crippen LogP contribution in [0.5, 0.6) is 5.75 Å². The number of carbonyl (C=O) groups is 1. The van der Waals surface area contributed by atoms with Crippen LogP contribution < -0.4 is 9.64 Å². The molecule has 0 saturated heterocycles. The number of hydrogen-bond acceptors (Lipinski definition) is 4. The standard InChI is InChI=1S/C20H23NO3/c1-3-23-20(22)12-17-14-24-19-11-15(2)9-10-18(19)21(17)13-16-7-5-4-6-8-16/h4-11,17H,3,12-14H2,1-2H3/t17-/m1/s1. The molecule has 24 heavy (non-hydrogen) atoms. The summed E-state index contributed by atoms with van der Waals surface area (Å²) in [5.41, 5.74) is 3.40. The maximum absolute atomic E-state index is 12.0. The summed E-state index contributed by atoms with van der Waals surface area (Å²) in [5.74, 6) is 0.700. The topological polar surface area (TPSA) is 38.8 Å². The number of benzene rings is 2. The van der Waals surface area contributed by atoms with Gasteiger partial charge in [0.15, 0.2) is 0 Å². The molecule has 0 N–H and O–H groups in total. The van der Waals surface area contributed by atoms with Crippen LogP contribution in [0.2, 0.25) is 0 Å². The second kappa shape index (κ2) is 7.39. The van der Waals surface area contributed by atoms with Crippen molar-refractivity contribution < 1.29 is 14.3 Å². The van der Waals surface area contributed by atoms with Crippen molar-refractivity contribution in [3.05, 3.63) is 59.7 Å². The monoisotopic (exact) mass is 325 g/mol. The minimum atomic E-state index is -0.181. The summed E-state index contributed by atoms with van der Waals surface area (Å²) in [6.45, 7) is 5.51. The minimum absolute atomic E-state index is 0.0283. The molecule has 0 aliphatic carbocycles. The Bertz CT molecular complexity index is 699. The van der Waals surface area contributed by atoms with E-state index >= 15 is 0 Å². The molecule has 3 rings (SSSR count). The number of fused-ring (bicyclic) bond motifs is 1. The fourth-order valence-electron chi connectivity index (χ4n) is 3.02. The molecular weight excluding hydrogens is 302 g/mol. The first-order valence-corrected chi connectivity index (χ1v) is 8.37. The van der Waals surface area contributed by atoms with Gasteiger partial charge in [-0.2, -0.15) is 0 Å². The third-order valence-corrected chi connectivity index (χ3v) is 4.20. The second-order valence-electron chi connectivity index (χ2n) is 6.06. The molecule has 1 atom stereocenters. The summed E-state index contributed by atoms with van der Waals surface area (Å²) in [6.07, 6.45) is 0.327. The van der Waals surface area contributed by atoms with Crippen LogP contribution in [-0.2, 0) is 16.1 Å². The SMILES string of the molecule is CCOC(=O)C[C@@H]1COc2cc(C)ccc2N1Cc1ccccc1. The Hall–Kier alpha value is -2.49. The van der Waals surface area contributed by atoms with E-state index in [0.717, 1.165) is 23.5 Å². The van der Waals surface area contributed by atoms with Gasteiger partial charge in [-0.25, -0.2) is 0 Å². The highest BCUT2D eigenvalue weighted by Gasteiger charge is 2.30. The van der Waals surface area contributed by atoms with Gasteiger partial charge in [-0.1, -0.05) is 36.4 Å². The predicted molar refractivity (Wildman–Crippen MR) is 94.3 cm³/mol. The van der Waals surface area contributed by atoms with E-state index < -0.39 is 0 Å². The molecule has 0 fully saturated rings. The summed E-state index contributed by atoms with van der Waals surface area (Å²) in [7, 11) is 0. The first kappa shape index (κ1) is 16.4. The Morgan fingerprint density at radius 2 is 2.04 bits per heavy atom. The average Bonchev–Trinajstić information content (AvgIpc) is 2.58. The Labute approximate surface area is 143 Å². The van der Waals surface area contributed by atoms with Crippen molar-refractivity contribution >= 4 is 11.7 Å². The van der Waals surface area contributed by atoms with Gasteiger partial charge in [0.05, 0.1) is 24.8 Å². The number of esters is 1. The van der Waals surface area contributed by atoms with Crippen LogP contribution in [-0.4, -0.2) is 25.2 Å².